The molecule has 1 aliphatic carbocycles. The Balaban J connectivity index is 2.13. The maximum absolute atomic E-state index is 13.1. The number of halogens is 1. The van der Waals surface area contributed by atoms with E-state index in [0.717, 1.165) is 24.8 Å². The van der Waals surface area contributed by atoms with Gasteiger partial charge in [-0.25, -0.2) is 9.18 Å². The van der Waals surface area contributed by atoms with E-state index in [1.54, 1.807) is 18.2 Å². The zero-order valence-electron chi connectivity index (χ0n) is 9.74. The van der Waals surface area contributed by atoms with E-state index in [0.29, 0.717) is 17.1 Å². The average molecular weight is 249 g/mol. The number of aliphatic imine (C=N–C) groups is 1. The molecule has 18 heavy (non-hydrogen) atoms. The zero-order chi connectivity index (χ0) is 12.6. The van der Waals surface area contributed by atoms with E-state index in [-0.39, 0.29) is 6.79 Å². The van der Waals surface area contributed by atoms with Crippen molar-refractivity contribution in [2.75, 3.05) is 6.79 Å². The number of benzene rings is 1. The predicted molar refractivity (Wildman–Crippen MR) is 61.0 cm³/mol. The number of fused-ring (bicyclic) bond motifs is 1. The van der Waals surface area contributed by atoms with Crippen LogP contribution in [0, 0.1) is 0 Å². The van der Waals surface area contributed by atoms with Gasteiger partial charge in [-0.2, -0.15) is 4.99 Å². The number of rotatable bonds is 3. The Morgan fingerprint density at radius 3 is 2.61 bits per heavy atom. The lowest BCUT2D eigenvalue weighted by atomic mass is 9.71. The fraction of sp³-hybridized carbons (Fsp3) is 0.462. The van der Waals surface area contributed by atoms with Gasteiger partial charge in [-0.3, -0.25) is 0 Å². The third-order valence-corrected chi connectivity index (χ3v) is 3.68. The second-order valence-electron chi connectivity index (χ2n) is 4.58. The van der Waals surface area contributed by atoms with Gasteiger partial charge in [0, 0.05) is 0 Å². The van der Waals surface area contributed by atoms with E-state index in [9.17, 15) is 9.18 Å². The Morgan fingerprint density at radius 2 is 2.06 bits per heavy atom. The quantitative estimate of drug-likeness (QED) is 0.611. The standard InChI is InChI=1S/C13H12FNO3/c14-6-9-4-11-12(18-8-17-11)5-10(9)13(15-7-16)2-1-3-13/h4-5H,1-3,6,8H2. The van der Waals surface area contributed by atoms with Gasteiger partial charge in [0.1, 0.15) is 6.67 Å². The van der Waals surface area contributed by atoms with E-state index in [1.165, 1.54) is 0 Å². The molecule has 0 unspecified atom stereocenters. The molecule has 0 radical (unpaired) electrons. The van der Waals surface area contributed by atoms with Gasteiger partial charge in [-0.1, -0.05) is 0 Å². The van der Waals surface area contributed by atoms with E-state index >= 15 is 0 Å². The van der Waals surface area contributed by atoms with E-state index in [1.807, 2.05) is 0 Å². The van der Waals surface area contributed by atoms with Gasteiger partial charge in [-0.15, -0.1) is 0 Å². The Morgan fingerprint density at radius 1 is 1.33 bits per heavy atom. The summed E-state index contributed by atoms with van der Waals surface area (Å²) in [5, 5.41) is 0. The molecule has 0 N–H and O–H groups in total. The molecule has 0 bridgehead atoms. The molecule has 0 atom stereocenters. The topological polar surface area (TPSA) is 47.9 Å². The van der Waals surface area contributed by atoms with Crippen molar-refractivity contribution in [3.8, 4) is 11.5 Å². The van der Waals surface area contributed by atoms with Crippen molar-refractivity contribution in [1.82, 2.24) is 0 Å². The Kier molecular flexibility index (Phi) is 2.56. The van der Waals surface area contributed by atoms with E-state index in [2.05, 4.69) is 4.99 Å². The van der Waals surface area contributed by atoms with Crippen molar-refractivity contribution in [3.63, 3.8) is 0 Å². The van der Waals surface area contributed by atoms with Crippen molar-refractivity contribution in [1.29, 1.82) is 0 Å². The van der Waals surface area contributed by atoms with Crippen LogP contribution in [0.3, 0.4) is 0 Å². The smallest absolute Gasteiger partial charge is 0.235 e. The molecule has 1 fully saturated rings. The largest absolute Gasteiger partial charge is 0.454 e. The monoisotopic (exact) mass is 249 g/mol. The van der Waals surface area contributed by atoms with Crippen LogP contribution in [0.5, 0.6) is 11.5 Å². The molecule has 0 saturated heterocycles. The Bertz CT molecular complexity index is 533. The first kappa shape index (κ1) is 11.2. The van der Waals surface area contributed by atoms with Gasteiger partial charge in [0.25, 0.3) is 0 Å². The lowest BCUT2D eigenvalue weighted by Gasteiger charge is -2.38. The normalized spacial score (nSPS) is 18.9. The maximum Gasteiger partial charge on any atom is 0.235 e. The van der Waals surface area contributed by atoms with Crippen LogP contribution in [-0.4, -0.2) is 12.9 Å². The number of carbonyl (C=O) groups excluding carboxylic acids is 1. The summed E-state index contributed by atoms with van der Waals surface area (Å²) in [7, 11) is 0. The molecule has 5 heteroatoms. The molecule has 1 aromatic rings. The van der Waals surface area contributed by atoms with Crippen LogP contribution < -0.4 is 9.47 Å². The predicted octanol–water partition coefficient (Wildman–Crippen LogP) is 2.60. The molecule has 94 valence electrons. The highest BCUT2D eigenvalue weighted by atomic mass is 19.1. The highest BCUT2D eigenvalue weighted by Gasteiger charge is 2.41. The van der Waals surface area contributed by atoms with Crippen molar-refractivity contribution < 1.29 is 18.7 Å². The summed E-state index contributed by atoms with van der Waals surface area (Å²) in [5.41, 5.74) is 0.631. The molecule has 3 rings (SSSR count). The van der Waals surface area contributed by atoms with Gasteiger partial charge >= 0.3 is 0 Å². The molecule has 1 aromatic carbocycles. The van der Waals surface area contributed by atoms with Gasteiger partial charge in [0.15, 0.2) is 11.5 Å². The second-order valence-corrected chi connectivity index (χ2v) is 4.58. The van der Waals surface area contributed by atoms with Crippen LogP contribution in [0.2, 0.25) is 0 Å². The number of alkyl halides is 1. The third-order valence-electron chi connectivity index (χ3n) is 3.68. The minimum atomic E-state index is -0.609. The summed E-state index contributed by atoms with van der Waals surface area (Å²) in [6.07, 6.45) is 4.08. The van der Waals surface area contributed by atoms with Crippen molar-refractivity contribution >= 4 is 6.08 Å². The minimum Gasteiger partial charge on any atom is -0.454 e. The van der Waals surface area contributed by atoms with Crippen LogP contribution in [0.15, 0.2) is 17.1 Å². The molecule has 1 heterocycles. The van der Waals surface area contributed by atoms with Crippen LogP contribution >= 0.6 is 0 Å². The lowest BCUT2D eigenvalue weighted by Crippen LogP contribution is -2.33. The molecule has 0 aromatic heterocycles. The number of hydrogen-bond donors (Lipinski definition) is 0. The first-order valence-corrected chi connectivity index (χ1v) is 5.87. The molecule has 1 aliphatic heterocycles. The van der Waals surface area contributed by atoms with E-state index in [4.69, 9.17) is 9.47 Å². The van der Waals surface area contributed by atoms with Crippen LogP contribution in [0.25, 0.3) is 0 Å². The van der Waals surface area contributed by atoms with Crippen LogP contribution in [0.4, 0.5) is 4.39 Å². The molecule has 0 amide bonds. The van der Waals surface area contributed by atoms with E-state index < -0.39 is 12.2 Å². The molecular weight excluding hydrogens is 237 g/mol. The highest BCUT2D eigenvalue weighted by Crippen LogP contribution is 2.49. The average Bonchev–Trinajstić information content (AvgIpc) is 2.79. The van der Waals surface area contributed by atoms with Crippen molar-refractivity contribution in [2.45, 2.75) is 31.5 Å². The maximum atomic E-state index is 13.1. The summed E-state index contributed by atoms with van der Waals surface area (Å²) < 4.78 is 23.7. The minimum absolute atomic E-state index is 0.147. The lowest BCUT2D eigenvalue weighted by molar-refractivity contribution is 0.173. The molecule has 0 spiro atoms. The van der Waals surface area contributed by atoms with Crippen molar-refractivity contribution in [2.24, 2.45) is 4.99 Å². The zero-order valence-corrected chi connectivity index (χ0v) is 9.74. The molecule has 2 aliphatic rings. The molecule has 4 nitrogen and oxygen atoms in total. The van der Waals surface area contributed by atoms with Crippen LogP contribution in [0.1, 0.15) is 30.4 Å². The molecular formula is C13H12FNO3. The van der Waals surface area contributed by atoms with Crippen LogP contribution in [-0.2, 0) is 17.0 Å². The third kappa shape index (κ3) is 1.51. The fourth-order valence-corrected chi connectivity index (χ4v) is 2.57. The summed E-state index contributed by atoms with van der Waals surface area (Å²) in [5.74, 6) is 1.14. The Hall–Kier alpha value is -1.87. The fourth-order valence-electron chi connectivity index (χ4n) is 2.57. The summed E-state index contributed by atoms with van der Waals surface area (Å²) in [6, 6.07) is 3.38. The van der Waals surface area contributed by atoms with Gasteiger partial charge in [0.2, 0.25) is 12.9 Å². The van der Waals surface area contributed by atoms with Gasteiger partial charge in [0.05, 0.1) is 5.54 Å². The first-order chi connectivity index (χ1) is 8.79. The number of hydrogen-bond acceptors (Lipinski definition) is 4. The SMILES string of the molecule is O=C=NC1(c2cc3c(cc2CF)OCO3)CCC1. The van der Waals surface area contributed by atoms with Crippen molar-refractivity contribution in [3.05, 3.63) is 23.3 Å². The number of isocyanates is 1. The second kappa shape index (κ2) is 4.10. The molecule has 1 saturated carbocycles. The number of ether oxygens (including phenoxy) is 2. The summed E-state index contributed by atoms with van der Waals surface area (Å²) in [4.78, 5) is 14.5. The highest BCUT2D eigenvalue weighted by molar-refractivity contribution is 5.52. The Labute approximate surface area is 103 Å². The number of nitrogens with zero attached hydrogens (tertiary/aromatic N) is 1. The first-order valence-electron chi connectivity index (χ1n) is 5.87. The summed E-state index contributed by atoms with van der Waals surface area (Å²) in [6.45, 7) is -0.462. The van der Waals surface area contributed by atoms with Gasteiger partial charge < -0.3 is 9.47 Å². The summed E-state index contributed by atoms with van der Waals surface area (Å²) >= 11 is 0. The van der Waals surface area contributed by atoms with Gasteiger partial charge in [-0.05, 0) is 42.5 Å².